The molecule has 0 radical (unpaired) electrons. The molecule has 80 valence electrons. The summed E-state index contributed by atoms with van der Waals surface area (Å²) >= 11 is 0. The van der Waals surface area contributed by atoms with Crippen molar-refractivity contribution in [2.75, 3.05) is 0 Å². The van der Waals surface area contributed by atoms with Crippen LogP contribution in [0.4, 0.5) is 0 Å². The summed E-state index contributed by atoms with van der Waals surface area (Å²) in [7, 11) is 0. The molecule has 0 N–H and O–H groups in total. The molecule has 0 aliphatic rings. The van der Waals surface area contributed by atoms with E-state index in [0.717, 1.165) is 5.56 Å². The van der Waals surface area contributed by atoms with Crippen LogP contribution in [0, 0.1) is 0 Å². The summed E-state index contributed by atoms with van der Waals surface area (Å²) in [5.41, 5.74) is 0.794. The third-order valence-corrected chi connectivity index (χ3v) is 1.77. The number of nitrogens with zero attached hydrogens (tertiary/aromatic N) is 2. The molecule has 0 saturated heterocycles. The van der Waals surface area contributed by atoms with Crippen LogP contribution >= 0.6 is 0 Å². The van der Waals surface area contributed by atoms with Crippen molar-refractivity contribution in [3.8, 4) is 0 Å². The molecule has 2 rings (SSSR count). The van der Waals surface area contributed by atoms with Crippen LogP contribution in [0.1, 0.15) is 16.1 Å². The minimum atomic E-state index is -0.629. The lowest BCUT2D eigenvalue weighted by atomic mass is 10.3. The predicted octanol–water partition coefficient (Wildman–Crippen LogP) is 1.87. The highest BCUT2D eigenvalue weighted by molar-refractivity contribution is 5.87. The van der Waals surface area contributed by atoms with E-state index in [1.807, 2.05) is 0 Å². The summed E-state index contributed by atoms with van der Waals surface area (Å²) < 4.78 is 4.84. The van der Waals surface area contributed by atoms with Crippen molar-refractivity contribution in [1.29, 1.82) is 0 Å². The molecule has 0 spiro atoms. The quantitative estimate of drug-likeness (QED) is 0.446. The summed E-state index contributed by atoms with van der Waals surface area (Å²) in [4.78, 5) is 19.7. The van der Waals surface area contributed by atoms with Gasteiger partial charge in [0.2, 0.25) is 5.76 Å². The Balaban J connectivity index is 1.93. The van der Waals surface area contributed by atoms with Gasteiger partial charge >= 0.3 is 5.97 Å². The van der Waals surface area contributed by atoms with Gasteiger partial charge in [-0.15, -0.1) is 0 Å². The Labute approximate surface area is 91.4 Å². The van der Waals surface area contributed by atoms with Crippen molar-refractivity contribution in [3.63, 3.8) is 0 Å². The third kappa shape index (κ3) is 2.54. The molecule has 0 unspecified atom stereocenters. The maximum atomic E-state index is 11.3. The molecule has 5 nitrogen and oxygen atoms in total. The zero-order chi connectivity index (χ0) is 11.2. The molecule has 0 amide bonds. The van der Waals surface area contributed by atoms with Gasteiger partial charge in [0, 0.05) is 12.4 Å². The van der Waals surface area contributed by atoms with E-state index in [4.69, 9.17) is 4.42 Å². The van der Waals surface area contributed by atoms with Gasteiger partial charge in [-0.2, -0.15) is 0 Å². The number of aromatic nitrogens is 1. The first-order valence-corrected chi connectivity index (χ1v) is 4.54. The van der Waals surface area contributed by atoms with Crippen molar-refractivity contribution in [2.24, 2.45) is 5.16 Å². The van der Waals surface area contributed by atoms with E-state index in [1.54, 1.807) is 30.6 Å². The zero-order valence-electron chi connectivity index (χ0n) is 8.24. The van der Waals surface area contributed by atoms with E-state index in [1.165, 1.54) is 18.5 Å². The van der Waals surface area contributed by atoms with Gasteiger partial charge in [-0.05, 0) is 29.8 Å². The van der Waals surface area contributed by atoms with Crippen molar-refractivity contribution in [3.05, 3.63) is 54.2 Å². The topological polar surface area (TPSA) is 64.7 Å². The Morgan fingerprint density at radius 1 is 1.38 bits per heavy atom. The van der Waals surface area contributed by atoms with Gasteiger partial charge in [0.25, 0.3) is 0 Å². The maximum Gasteiger partial charge on any atom is 0.400 e. The Morgan fingerprint density at radius 3 is 2.88 bits per heavy atom. The molecule has 0 aliphatic heterocycles. The second-order valence-corrected chi connectivity index (χ2v) is 2.87. The number of hydrogen-bond acceptors (Lipinski definition) is 5. The van der Waals surface area contributed by atoms with Crippen molar-refractivity contribution in [2.45, 2.75) is 0 Å². The Kier molecular flexibility index (Phi) is 3.08. The van der Waals surface area contributed by atoms with Gasteiger partial charge in [-0.1, -0.05) is 5.16 Å². The summed E-state index contributed by atoms with van der Waals surface area (Å²) in [6.45, 7) is 0. The Hall–Kier alpha value is -2.43. The molecule has 0 saturated carbocycles. The lowest BCUT2D eigenvalue weighted by Crippen LogP contribution is -1.98. The normalized spacial score (nSPS) is 10.5. The average Bonchev–Trinajstić information content (AvgIpc) is 2.84. The van der Waals surface area contributed by atoms with Crippen LogP contribution in [-0.2, 0) is 4.84 Å². The van der Waals surface area contributed by atoms with Gasteiger partial charge < -0.3 is 9.25 Å². The molecule has 2 aromatic heterocycles. The summed E-state index contributed by atoms with van der Waals surface area (Å²) in [5, 5.41) is 3.54. The fraction of sp³-hybridized carbons (Fsp3) is 0. The SMILES string of the molecule is O=C(ON=Cc1ccncc1)c1ccco1. The first kappa shape index (κ1) is 10.1. The van der Waals surface area contributed by atoms with E-state index in [9.17, 15) is 4.79 Å². The van der Waals surface area contributed by atoms with E-state index in [0.29, 0.717) is 0 Å². The van der Waals surface area contributed by atoms with Crippen LogP contribution in [0.25, 0.3) is 0 Å². The van der Waals surface area contributed by atoms with Gasteiger partial charge in [0.15, 0.2) is 0 Å². The van der Waals surface area contributed by atoms with Crippen LogP contribution in [0.5, 0.6) is 0 Å². The van der Waals surface area contributed by atoms with Crippen molar-refractivity contribution >= 4 is 12.2 Å². The summed E-state index contributed by atoms with van der Waals surface area (Å²) in [6, 6.07) is 6.59. The molecular formula is C11H8N2O3. The number of furan rings is 1. The average molecular weight is 216 g/mol. The third-order valence-electron chi connectivity index (χ3n) is 1.77. The van der Waals surface area contributed by atoms with Crippen LogP contribution in [0.3, 0.4) is 0 Å². The number of oxime groups is 1. The number of carbonyl (C=O) groups excluding carboxylic acids is 1. The largest absolute Gasteiger partial charge is 0.457 e. The van der Waals surface area contributed by atoms with E-state index in [-0.39, 0.29) is 5.76 Å². The molecule has 5 heteroatoms. The smallest absolute Gasteiger partial charge is 0.400 e. The first-order valence-electron chi connectivity index (χ1n) is 4.54. The zero-order valence-corrected chi connectivity index (χ0v) is 8.24. The summed E-state index contributed by atoms with van der Waals surface area (Å²) in [6.07, 6.45) is 6.05. The lowest BCUT2D eigenvalue weighted by Gasteiger charge is -1.92. The minimum absolute atomic E-state index is 0.117. The van der Waals surface area contributed by atoms with Crippen molar-refractivity contribution in [1.82, 2.24) is 4.98 Å². The standard InChI is InChI=1S/C11H8N2O3/c14-11(10-2-1-7-15-10)16-13-8-9-3-5-12-6-4-9/h1-8H. The highest BCUT2D eigenvalue weighted by Crippen LogP contribution is 2.02. The van der Waals surface area contributed by atoms with Crippen LogP contribution < -0.4 is 0 Å². The Morgan fingerprint density at radius 2 is 2.19 bits per heavy atom. The van der Waals surface area contributed by atoms with E-state index in [2.05, 4.69) is 15.0 Å². The lowest BCUT2D eigenvalue weighted by molar-refractivity contribution is 0.0483. The number of carbonyl (C=O) groups is 1. The molecule has 16 heavy (non-hydrogen) atoms. The van der Waals surface area contributed by atoms with E-state index < -0.39 is 5.97 Å². The Bertz CT molecular complexity index is 477. The van der Waals surface area contributed by atoms with Crippen LogP contribution in [-0.4, -0.2) is 17.2 Å². The molecular weight excluding hydrogens is 208 g/mol. The highest BCUT2D eigenvalue weighted by Gasteiger charge is 2.08. The first-order chi connectivity index (χ1) is 7.86. The second kappa shape index (κ2) is 4.88. The maximum absolute atomic E-state index is 11.3. The fourth-order valence-electron chi connectivity index (χ4n) is 1.02. The number of hydrogen-bond donors (Lipinski definition) is 0. The monoisotopic (exact) mass is 216 g/mol. The second-order valence-electron chi connectivity index (χ2n) is 2.87. The number of rotatable bonds is 3. The van der Waals surface area contributed by atoms with Crippen molar-refractivity contribution < 1.29 is 14.0 Å². The predicted molar refractivity (Wildman–Crippen MR) is 56.0 cm³/mol. The van der Waals surface area contributed by atoms with Crippen LogP contribution in [0.2, 0.25) is 0 Å². The molecule has 0 aromatic carbocycles. The highest BCUT2D eigenvalue weighted by atomic mass is 16.7. The molecule has 0 aliphatic carbocycles. The van der Waals surface area contributed by atoms with Gasteiger partial charge in [-0.3, -0.25) is 4.98 Å². The summed E-state index contributed by atoms with van der Waals surface area (Å²) in [5.74, 6) is -0.512. The van der Waals surface area contributed by atoms with Gasteiger partial charge in [-0.25, -0.2) is 4.79 Å². The fourth-order valence-corrected chi connectivity index (χ4v) is 1.02. The molecule has 2 heterocycles. The molecule has 2 aromatic rings. The van der Waals surface area contributed by atoms with Crippen LogP contribution in [0.15, 0.2) is 52.5 Å². The van der Waals surface area contributed by atoms with E-state index >= 15 is 0 Å². The van der Waals surface area contributed by atoms with Gasteiger partial charge in [0.05, 0.1) is 12.5 Å². The number of pyridine rings is 1. The molecule has 0 atom stereocenters. The molecule has 0 bridgehead atoms. The minimum Gasteiger partial charge on any atom is -0.457 e. The molecule has 0 fully saturated rings. The van der Waals surface area contributed by atoms with Gasteiger partial charge in [0.1, 0.15) is 0 Å².